The van der Waals surface area contributed by atoms with Gasteiger partial charge in [0.25, 0.3) is 0 Å². The highest BCUT2D eigenvalue weighted by Gasteiger charge is 2.17. The van der Waals surface area contributed by atoms with E-state index in [1.165, 1.54) is 12.8 Å². The van der Waals surface area contributed by atoms with E-state index in [0.29, 0.717) is 23.7 Å². The van der Waals surface area contributed by atoms with Crippen LogP contribution in [0.25, 0.3) is 23.1 Å². The Morgan fingerprint density at radius 3 is 2.38 bits per heavy atom. The van der Waals surface area contributed by atoms with Crippen LogP contribution in [-0.4, -0.2) is 25.2 Å². The highest BCUT2D eigenvalue weighted by molar-refractivity contribution is 5.90. The molecule has 3 aromatic rings. The van der Waals surface area contributed by atoms with Crippen LogP contribution in [0.4, 0.5) is 0 Å². The first-order valence-corrected chi connectivity index (χ1v) is 11.1. The maximum Gasteiger partial charge on any atom is 0.311 e. The monoisotopic (exact) mass is 433 g/mol. The lowest BCUT2D eigenvalue weighted by Crippen LogP contribution is -2.09. The summed E-state index contributed by atoms with van der Waals surface area (Å²) in [5, 5.41) is 1.08. The highest BCUT2D eigenvalue weighted by Crippen LogP contribution is 2.39. The summed E-state index contributed by atoms with van der Waals surface area (Å²) in [6.45, 7) is 2.17. The predicted octanol–water partition coefficient (Wildman–Crippen LogP) is 6.69. The van der Waals surface area contributed by atoms with E-state index in [-0.39, 0.29) is 5.97 Å². The molecule has 0 bridgehead atoms. The van der Waals surface area contributed by atoms with Crippen molar-refractivity contribution in [1.29, 1.82) is 0 Å². The molecule has 0 radical (unpaired) electrons. The molecular weight excluding hydrogens is 402 g/mol. The molecule has 3 rings (SSSR count). The van der Waals surface area contributed by atoms with E-state index in [9.17, 15) is 4.79 Å². The number of carbonyl (C=O) groups excluding carboxylic acids is 1. The average Bonchev–Trinajstić information content (AvgIpc) is 2.82. The Kier molecular flexibility index (Phi) is 8.67. The zero-order valence-corrected chi connectivity index (χ0v) is 19.1. The number of carbonyl (C=O) groups is 1. The molecule has 168 valence electrons. The van der Waals surface area contributed by atoms with Crippen LogP contribution in [0.1, 0.15) is 56.6 Å². The van der Waals surface area contributed by atoms with Crippen LogP contribution in [-0.2, 0) is 4.79 Å². The summed E-state index contributed by atoms with van der Waals surface area (Å²) in [6, 6.07) is 13.7. The number of ether oxygens (including phenoxy) is 3. The van der Waals surface area contributed by atoms with Crippen molar-refractivity contribution in [3.05, 3.63) is 59.8 Å². The van der Waals surface area contributed by atoms with Gasteiger partial charge in [0.1, 0.15) is 0 Å². The van der Waals surface area contributed by atoms with Crippen LogP contribution in [0, 0.1) is 0 Å². The Labute approximate surface area is 190 Å². The molecule has 5 nitrogen and oxygen atoms in total. The van der Waals surface area contributed by atoms with E-state index in [0.717, 1.165) is 41.3 Å². The number of benzene rings is 2. The Hall–Kier alpha value is -3.34. The van der Waals surface area contributed by atoms with Crippen molar-refractivity contribution in [2.24, 2.45) is 0 Å². The van der Waals surface area contributed by atoms with Gasteiger partial charge in [0.2, 0.25) is 5.75 Å². The van der Waals surface area contributed by atoms with Gasteiger partial charge in [0, 0.05) is 18.0 Å². The third kappa shape index (κ3) is 6.10. The smallest absolute Gasteiger partial charge is 0.311 e. The molecule has 0 atom stereocenters. The van der Waals surface area contributed by atoms with Crippen molar-refractivity contribution in [3.63, 3.8) is 0 Å². The van der Waals surface area contributed by atoms with Gasteiger partial charge in [-0.15, -0.1) is 0 Å². The maximum absolute atomic E-state index is 12.3. The fraction of sp³-hybridized carbons (Fsp3) is 0.333. The summed E-state index contributed by atoms with van der Waals surface area (Å²) < 4.78 is 16.6. The number of aromatic nitrogens is 1. The van der Waals surface area contributed by atoms with Gasteiger partial charge in [-0.05, 0) is 41.8 Å². The molecule has 0 unspecified atom stereocenters. The minimum Gasteiger partial charge on any atom is -0.493 e. The Balaban J connectivity index is 1.77. The zero-order valence-electron chi connectivity index (χ0n) is 19.1. The van der Waals surface area contributed by atoms with Gasteiger partial charge < -0.3 is 14.2 Å². The molecule has 0 aliphatic rings. The van der Waals surface area contributed by atoms with E-state index < -0.39 is 0 Å². The minimum absolute atomic E-state index is 0.273. The molecule has 0 saturated heterocycles. The molecule has 5 heteroatoms. The van der Waals surface area contributed by atoms with Crippen molar-refractivity contribution in [1.82, 2.24) is 4.98 Å². The van der Waals surface area contributed by atoms with Crippen LogP contribution < -0.4 is 14.2 Å². The van der Waals surface area contributed by atoms with Crippen LogP contribution in [0.15, 0.2) is 48.7 Å². The van der Waals surface area contributed by atoms with Gasteiger partial charge in [-0.25, -0.2) is 0 Å². The van der Waals surface area contributed by atoms with Crippen LogP contribution in [0.5, 0.6) is 17.2 Å². The lowest BCUT2D eigenvalue weighted by Gasteiger charge is -2.14. The molecule has 0 amide bonds. The Morgan fingerprint density at radius 1 is 0.938 bits per heavy atom. The number of esters is 1. The number of unbranched alkanes of at least 4 members (excludes halogenated alkanes) is 4. The van der Waals surface area contributed by atoms with Crippen molar-refractivity contribution in [2.45, 2.75) is 45.4 Å². The third-order valence-corrected chi connectivity index (χ3v) is 5.32. The van der Waals surface area contributed by atoms with Crippen molar-refractivity contribution in [3.8, 4) is 17.2 Å². The molecule has 0 spiro atoms. The number of pyridine rings is 1. The number of methoxy groups -OCH3 is 2. The molecule has 0 fully saturated rings. The van der Waals surface area contributed by atoms with Crippen molar-refractivity contribution in [2.75, 3.05) is 14.2 Å². The first-order valence-electron chi connectivity index (χ1n) is 11.1. The van der Waals surface area contributed by atoms with Gasteiger partial charge in [0.15, 0.2) is 11.5 Å². The fourth-order valence-corrected chi connectivity index (χ4v) is 3.58. The normalized spacial score (nSPS) is 11.1. The van der Waals surface area contributed by atoms with Gasteiger partial charge in [-0.3, -0.25) is 9.78 Å². The van der Waals surface area contributed by atoms with E-state index in [1.807, 2.05) is 54.6 Å². The Bertz CT molecular complexity index is 1040. The van der Waals surface area contributed by atoms with E-state index in [2.05, 4.69) is 11.9 Å². The average molecular weight is 434 g/mol. The summed E-state index contributed by atoms with van der Waals surface area (Å²) in [6.07, 6.45) is 11.6. The van der Waals surface area contributed by atoms with E-state index in [1.54, 1.807) is 20.4 Å². The largest absolute Gasteiger partial charge is 0.493 e. The molecular formula is C27H31NO4. The maximum atomic E-state index is 12.3. The molecule has 1 heterocycles. The highest BCUT2D eigenvalue weighted by atomic mass is 16.6. The van der Waals surface area contributed by atoms with Gasteiger partial charge in [-0.2, -0.15) is 0 Å². The molecule has 0 saturated carbocycles. The lowest BCUT2D eigenvalue weighted by molar-refractivity contribution is -0.134. The first kappa shape index (κ1) is 23.3. The number of fused-ring (bicyclic) bond motifs is 1. The second-order valence-corrected chi connectivity index (χ2v) is 7.64. The fourth-order valence-electron chi connectivity index (χ4n) is 3.58. The predicted molar refractivity (Wildman–Crippen MR) is 129 cm³/mol. The summed E-state index contributed by atoms with van der Waals surface area (Å²) >= 11 is 0. The summed E-state index contributed by atoms with van der Waals surface area (Å²) in [5.41, 5.74) is 2.88. The molecule has 2 aromatic carbocycles. The summed E-state index contributed by atoms with van der Waals surface area (Å²) in [5.74, 6) is 0.968. The number of hydrogen-bond donors (Lipinski definition) is 0. The summed E-state index contributed by atoms with van der Waals surface area (Å²) in [4.78, 5) is 16.8. The molecule has 1 aromatic heterocycles. The molecule has 0 N–H and O–H groups in total. The molecule has 32 heavy (non-hydrogen) atoms. The topological polar surface area (TPSA) is 57.7 Å². The number of para-hydroxylation sites is 1. The van der Waals surface area contributed by atoms with Crippen LogP contribution in [0.3, 0.4) is 0 Å². The second-order valence-electron chi connectivity index (χ2n) is 7.64. The number of rotatable bonds is 11. The van der Waals surface area contributed by atoms with Crippen molar-refractivity contribution >= 4 is 29.0 Å². The van der Waals surface area contributed by atoms with Gasteiger partial charge >= 0.3 is 5.97 Å². The standard InChI is InChI=1S/C27H31NO4/c1-4-5-6-7-8-13-26(29)32-27-24(30-2)18-20(19-25(27)31-3)14-15-21-16-17-28-23-12-10-9-11-22(21)23/h9-12,14-19H,4-8,13H2,1-3H3. The minimum atomic E-state index is -0.273. The summed E-state index contributed by atoms with van der Waals surface area (Å²) in [7, 11) is 3.11. The van der Waals surface area contributed by atoms with Gasteiger partial charge in [-0.1, -0.05) is 63.0 Å². The van der Waals surface area contributed by atoms with E-state index >= 15 is 0 Å². The lowest BCUT2D eigenvalue weighted by atomic mass is 10.1. The quantitative estimate of drug-likeness (QED) is 0.192. The van der Waals surface area contributed by atoms with Crippen molar-refractivity contribution < 1.29 is 19.0 Å². The first-order chi connectivity index (χ1) is 15.7. The second kappa shape index (κ2) is 11.9. The SMILES string of the molecule is CCCCCCCC(=O)Oc1c(OC)cc(C=Cc2ccnc3ccccc23)cc1OC. The van der Waals surface area contributed by atoms with E-state index in [4.69, 9.17) is 14.2 Å². The third-order valence-electron chi connectivity index (χ3n) is 5.32. The zero-order chi connectivity index (χ0) is 22.8. The van der Waals surface area contributed by atoms with Gasteiger partial charge in [0.05, 0.1) is 19.7 Å². The molecule has 0 aliphatic heterocycles. The Morgan fingerprint density at radius 2 is 1.66 bits per heavy atom. The van der Waals surface area contributed by atoms with Crippen LogP contribution >= 0.6 is 0 Å². The van der Waals surface area contributed by atoms with Crippen LogP contribution in [0.2, 0.25) is 0 Å². The number of nitrogens with zero attached hydrogens (tertiary/aromatic N) is 1. The number of hydrogen-bond acceptors (Lipinski definition) is 5. The molecule has 0 aliphatic carbocycles.